The summed E-state index contributed by atoms with van der Waals surface area (Å²) in [5, 5.41) is 9.85. The Balaban J connectivity index is 2.20. The second kappa shape index (κ2) is 5.41. The van der Waals surface area contributed by atoms with Crippen LogP contribution >= 0.6 is 0 Å². The number of nitrogens with one attached hydrogen (secondary N) is 1. The number of hydrogen-bond acceptors (Lipinski definition) is 1. The standard InChI is InChI=1S/C18H15FN2/c1-2-12-3-5-13(6-4-12)18-15(9-10-20)16-11-14(19)7-8-17(16)21-18/h3-8,11,21H,2,9H2,1H3. The number of H-pyrrole nitrogens is 1. The number of halogens is 1. The summed E-state index contributed by atoms with van der Waals surface area (Å²) in [6.45, 7) is 2.11. The van der Waals surface area contributed by atoms with Crippen LogP contribution in [0.15, 0.2) is 42.5 Å². The highest BCUT2D eigenvalue weighted by Gasteiger charge is 2.13. The fourth-order valence-corrected chi connectivity index (χ4v) is 2.64. The third-order valence-corrected chi connectivity index (χ3v) is 3.77. The number of rotatable bonds is 3. The summed E-state index contributed by atoms with van der Waals surface area (Å²) in [6, 6.07) is 15.1. The fraction of sp³-hybridized carbons (Fsp3) is 0.167. The Morgan fingerprint density at radius 1 is 1.14 bits per heavy atom. The molecule has 0 fully saturated rings. The SMILES string of the molecule is CCc1ccc(-c2[nH]c3ccc(F)cc3c2CC#N)cc1. The molecule has 0 aliphatic carbocycles. The lowest BCUT2D eigenvalue weighted by atomic mass is 10.0. The van der Waals surface area contributed by atoms with Crippen molar-refractivity contribution in [3.63, 3.8) is 0 Å². The van der Waals surface area contributed by atoms with Crippen LogP contribution < -0.4 is 0 Å². The number of nitriles is 1. The predicted octanol–water partition coefficient (Wildman–Crippen LogP) is 4.60. The minimum atomic E-state index is -0.284. The molecule has 0 bridgehead atoms. The van der Waals surface area contributed by atoms with E-state index in [1.54, 1.807) is 6.07 Å². The lowest BCUT2D eigenvalue weighted by Gasteiger charge is -2.03. The first kappa shape index (κ1) is 13.4. The van der Waals surface area contributed by atoms with E-state index < -0.39 is 0 Å². The van der Waals surface area contributed by atoms with Crippen LogP contribution in [-0.2, 0) is 12.8 Å². The van der Waals surface area contributed by atoms with Crippen LogP contribution in [0.25, 0.3) is 22.2 Å². The van der Waals surface area contributed by atoms with Gasteiger partial charge in [-0.05, 0) is 41.3 Å². The molecule has 0 aliphatic rings. The van der Waals surface area contributed by atoms with Gasteiger partial charge in [0.05, 0.1) is 18.2 Å². The molecule has 0 saturated carbocycles. The molecule has 0 radical (unpaired) electrons. The lowest BCUT2D eigenvalue weighted by Crippen LogP contribution is -1.87. The number of aromatic nitrogens is 1. The van der Waals surface area contributed by atoms with Gasteiger partial charge in [-0.3, -0.25) is 0 Å². The molecule has 104 valence electrons. The quantitative estimate of drug-likeness (QED) is 0.747. The number of fused-ring (bicyclic) bond motifs is 1. The number of aryl methyl sites for hydroxylation is 1. The number of nitrogens with zero attached hydrogens (tertiary/aromatic N) is 1. The number of aromatic amines is 1. The van der Waals surface area contributed by atoms with Crippen LogP contribution in [-0.4, -0.2) is 4.98 Å². The normalized spacial score (nSPS) is 10.7. The Morgan fingerprint density at radius 2 is 1.90 bits per heavy atom. The van der Waals surface area contributed by atoms with Gasteiger partial charge in [0.15, 0.2) is 0 Å². The first-order valence-electron chi connectivity index (χ1n) is 6.99. The minimum Gasteiger partial charge on any atom is -0.354 e. The number of benzene rings is 2. The molecule has 21 heavy (non-hydrogen) atoms. The molecule has 1 N–H and O–H groups in total. The molecule has 3 aromatic rings. The van der Waals surface area contributed by atoms with Crippen LogP contribution in [0.5, 0.6) is 0 Å². The molecular weight excluding hydrogens is 263 g/mol. The summed E-state index contributed by atoms with van der Waals surface area (Å²) in [6.07, 6.45) is 1.25. The van der Waals surface area contributed by atoms with Crippen molar-refractivity contribution in [2.24, 2.45) is 0 Å². The van der Waals surface area contributed by atoms with E-state index in [0.29, 0.717) is 0 Å². The summed E-state index contributed by atoms with van der Waals surface area (Å²) in [5.74, 6) is -0.284. The molecular formula is C18H15FN2. The largest absolute Gasteiger partial charge is 0.354 e. The summed E-state index contributed by atoms with van der Waals surface area (Å²) < 4.78 is 13.5. The molecule has 0 unspecified atom stereocenters. The van der Waals surface area contributed by atoms with E-state index in [4.69, 9.17) is 5.26 Å². The van der Waals surface area contributed by atoms with Crippen molar-refractivity contribution in [2.75, 3.05) is 0 Å². The van der Waals surface area contributed by atoms with Crippen LogP contribution in [0.3, 0.4) is 0 Å². The van der Waals surface area contributed by atoms with Gasteiger partial charge in [-0.2, -0.15) is 5.26 Å². The average molecular weight is 278 g/mol. The Labute approximate surface area is 122 Å². The zero-order valence-electron chi connectivity index (χ0n) is 11.8. The van der Waals surface area contributed by atoms with Crippen LogP contribution in [0.1, 0.15) is 18.1 Å². The Bertz CT molecular complexity index is 823. The highest BCUT2D eigenvalue weighted by Crippen LogP contribution is 2.31. The summed E-state index contributed by atoms with van der Waals surface area (Å²) in [5.41, 5.74) is 4.91. The molecule has 0 spiro atoms. The molecule has 0 atom stereocenters. The molecule has 2 aromatic carbocycles. The van der Waals surface area contributed by atoms with E-state index in [2.05, 4.69) is 30.1 Å². The van der Waals surface area contributed by atoms with Gasteiger partial charge < -0.3 is 4.98 Å². The van der Waals surface area contributed by atoms with Crippen molar-refractivity contribution in [2.45, 2.75) is 19.8 Å². The van der Waals surface area contributed by atoms with Gasteiger partial charge in [0, 0.05) is 10.9 Å². The maximum absolute atomic E-state index is 13.5. The molecule has 3 rings (SSSR count). The van der Waals surface area contributed by atoms with Gasteiger partial charge in [0.25, 0.3) is 0 Å². The van der Waals surface area contributed by atoms with Gasteiger partial charge >= 0.3 is 0 Å². The third kappa shape index (κ3) is 2.41. The van der Waals surface area contributed by atoms with E-state index in [-0.39, 0.29) is 12.2 Å². The minimum absolute atomic E-state index is 0.258. The van der Waals surface area contributed by atoms with Gasteiger partial charge in [0.1, 0.15) is 5.82 Å². The van der Waals surface area contributed by atoms with E-state index in [1.165, 1.54) is 17.7 Å². The van der Waals surface area contributed by atoms with Gasteiger partial charge in [-0.25, -0.2) is 4.39 Å². The topological polar surface area (TPSA) is 39.6 Å². The highest BCUT2D eigenvalue weighted by molar-refractivity contribution is 5.91. The first-order chi connectivity index (χ1) is 10.2. The lowest BCUT2D eigenvalue weighted by molar-refractivity contribution is 0.629. The Hall–Kier alpha value is -2.60. The van der Waals surface area contributed by atoms with E-state index in [1.807, 2.05) is 12.1 Å². The van der Waals surface area contributed by atoms with Gasteiger partial charge in [0.2, 0.25) is 0 Å². The molecule has 0 amide bonds. The second-order valence-corrected chi connectivity index (χ2v) is 5.05. The maximum atomic E-state index is 13.5. The zero-order chi connectivity index (χ0) is 14.8. The van der Waals surface area contributed by atoms with Crippen LogP contribution in [0.2, 0.25) is 0 Å². The van der Waals surface area contributed by atoms with Crippen molar-refractivity contribution >= 4 is 10.9 Å². The summed E-state index contributed by atoms with van der Waals surface area (Å²) >= 11 is 0. The number of hydrogen-bond donors (Lipinski definition) is 1. The molecule has 3 heteroatoms. The zero-order valence-corrected chi connectivity index (χ0v) is 11.8. The van der Waals surface area contributed by atoms with Crippen molar-refractivity contribution in [3.8, 4) is 17.3 Å². The van der Waals surface area contributed by atoms with Crippen molar-refractivity contribution in [1.82, 2.24) is 4.98 Å². The Morgan fingerprint density at radius 3 is 2.57 bits per heavy atom. The summed E-state index contributed by atoms with van der Waals surface area (Å²) in [7, 11) is 0. The summed E-state index contributed by atoms with van der Waals surface area (Å²) in [4.78, 5) is 3.31. The van der Waals surface area contributed by atoms with Crippen LogP contribution in [0, 0.1) is 17.1 Å². The second-order valence-electron chi connectivity index (χ2n) is 5.05. The predicted molar refractivity (Wildman–Crippen MR) is 82.4 cm³/mol. The molecule has 2 nitrogen and oxygen atoms in total. The average Bonchev–Trinajstić information content (AvgIpc) is 2.86. The van der Waals surface area contributed by atoms with E-state index in [9.17, 15) is 4.39 Å². The highest BCUT2D eigenvalue weighted by atomic mass is 19.1. The first-order valence-corrected chi connectivity index (χ1v) is 6.99. The monoisotopic (exact) mass is 278 g/mol. The smallest absolute Gasteiger partial charge is 0.123 e. The van der Waals surface area contributed by atoms with E-state index >= 15 is 0 Å². The molecule has 1 heterocycles. The molecule has 1 aromatic heterocycles. The van der Waals surface area contributed by atoms with Gasteiger partial charge in [-0.1, -0.05) is 31.2 Å². The fourth-order valence-electron chi connectivity index (χ4n) is 2.64. The maximum Gasteiger partial charge on any atom is 0.123 e. The van der Waals surface area contributed by atoms with Crippen LogP contribution in [0.4, 0.5) is 4.39 Å². The van der Waals surface area contributed by atoms with E-state index in [0.717, 1.165) is 34.1 Å². The van der Waals surface area contributed by atoms with Gasteiger partial charge in [-0.15, -0.1) is 0 Å². The molecule has 0 saturated heterocycles. The van der Waals surface area contributed by atoms with Crippen molar-refractivity contribution < 1.29 is 4.39 Å². The Kier molecular flexibility index (Phi) is 3.45. The third-order valence-electron chi connectivity index (χ3n) is 3.77. The van der Waals surface area contributed by atoms with Crippen molar-refractivity contribution in [3.05, 3.63) is 59.4 Å². The molecule has 0 aliphatic heterocycles. The van der Waals surface area contributed by atoms with Crippen molar-refractivity contribution in [1.29, 1.82) is 5.26 Å².